The Kier molecular flexibility index (Phi) is 23.2. The van der Waals surface area contributed by atoms with Crippen molar-refractivity contribution in [2.75, 3.05) is 37.1 Å². The first-order valence-electron chi connectivity index (χ1n) is 34.5. The van der Waals surface area contributed by atoms with Crippen molar-refractivity contribution < 1.29 is 38.7 Å². The van der Waals surface area contributed by atoms with Crippen LogP contribution in [0, 0.1) is 0 Å². The molecule has 9 aromatic rings. The van der Waals surface area contributed by atoms with E-state index >= 15 is 0 Å². The second kappa shape index (κ2) is 33.2. The minimum atomic E-state index is -0.299. The average Bonchev–Trinajstić information content (AvgIpc) is 1.57. The maximum absolute atomic E-state index is 13.9. The van der Waals surface area contributed by atoms with Gasteiger partial charge in [-0.25, -0.2) is 9.97 Å². The number of carbonyl (C=O) groups excluding carboxylic acids is 2. The second-order valence-corrected chi connectivity index (χ2v) is 24.6. The molecule has 8 bridgehead atoms. The molecule has 0 fully saturated rings. The number of nitrogens with one attached hydrogen (secondary N) is 4. The normalized spacial score (nSPS) is 11.6. The third-order valence-corrected chi connectivity index (χ3v) is 17.4. The van der Waals surface area contributed by atoms with Gasteiger partial charge in [0.25, 0.3) is 11.8 Å². The molecule has 6 aromatic carbocycles. The smallest absolute Gasteiger partial charge is 0.255 e. The number of H-pyrrole nitrogens is 2. The van der Waals surface area contributed by atoms with Gasteiger partial charge in [0.1, 0.15) is 34.5 Å². The van der Waals surface area contributed by atoms with Gasteiger partial charge in [-0.3, -0.25) is 9.59 Å². The number of aromatic amines is 2. The number of aromatic hydroxyl groups is 2. The van der Waals surface area contributed by atoms with Crippen LogP contribution >= 0.6 is 0 Å². The van der Waals surface area contributed by atoms with Crippen molar-refractivity contribution in [3.05, 3.63) is 192 Å². The summed E-state index contributed by atoms with van der Waals surface area (Å²) in [5.41, 5.74) is 13.9. The first-order valence-corrected chi connectivity index (χ1v) is 34.5. The molecule has 2 aliphatic heterocycles. The summed E-state index contributed by atoms with van der Waals surface area (Å²) in [5, 5.41) is 25.9. The van der Waals surface area contributed by atoms with Gasteiger partial charge >= 0.3 is 0 Å². The van der Waals surface area contributed by atoms with Gasteiger partial charge in [0.05, 0.1) is 60.3 Å². The molecule has 494 valence electrons. The van der Waals surface area contributed by atoms with Gasteiger partial charge in [0, 0.05) is 66.8 Å². The largest absolute Gasteiger partial charge is 0.508 e. The number of ether oxygens (including phenoxy) is 4. The molecule has 3 aromatic heterocycles. The average molecular weight is 1290 g/mol. The monoisotopic (exact) mass is 1280 g/mol. The fraction of sp³-hybridized carbons (Fsp3) is 0.293. The van der Waals surface area contributed by atoms with Crippen molar-refractivity contribution in [2.45, 2.75) is 130 Å². The number of rotatable bonds is 32. The van der Waals surface area contributed by atoms with Gasteiger partial charge in [0.15, 0.2) is 0 Å². The number of amides is 2. The quantitative estimate of drug-likeness (QED) is 0.0175. The lowest BCUT2D eigenvalue weighted by molar-refractivity contribution is 0.101. The lowest BCUT2D eigenvalue weighted by Crippen LogP contribution is -2.11. The van der Waals surface area contributed by atoms with Crippen molar-refractivity contribution in [1.29, 1.82) is 0 Å². The van der Waals surface area contributed by atoms with E-state index in [1.165, 1.54) is 0 Å². The Labute approximate surface area is 563 Å². The maximum Gasteiger partial charge on any atom is 0.255 e. The van der Waals surface area contributed by atoms with E-state index in [2.05, 4.69) is 96.9 Å². The molecule has 0 atom stereocenters. The predicted octanol–water partition coefficient (Wildman–Crippen LogP) is 21.1. The zero-order valence-electron chi connectivity index (χ0n) is 55.7. The number of hydrogen-bond acceptors (Lipinski definition) is 10. The van der Waals surface area contributed by atoms with Crippen molar-refractivity contribution >= 4 is 69.6 Å². The molecule has 0 saturated carbocycles. The molecule has 0 saturated heterocycles. The van der Waals surface area contributed by atoms with E-state index < -0.39 is 0 Å². The standard InChI is InChI=1S/C82H88N6O8/c1-5-9-13-17-51-93-71-23-21-24-72(94-52-18-14-10-6-2)79(71)77-67-47-43-63(85-67)75(55-27-31-57(32-28-55)81(91)83-59-35-39-61(89)40-36-59)65-45-49-69(87-65)78(80-73(95-53-19-15-11-7-3)25-22-26-74(80)96-54-20-16-12-8-4)70-50-46-66(88-70)76(64-44-48-68(77)86-64)56-29-33-58(34-30-56)82(92)84-60-37-41-62(90)42-38-60/h21-50,85,88-90H,5-20,51-54H2,1-4H3,(H,83,91)(H,84,92). The Hall–Kier alpha value is -10.3. The molecule has 6 N–H and O–H groups in total. The molecular weight excluding hydrogens is 1200 g/mol. The molecule has 0 unspecified atom stereocenters. The van der Waals surface area contributed by atoms with E-state index in [4.69, 9.17) is 28.9 Å². The Morgan fingerprint density at radius 1 is 0.344 bits per heavy atom. The Balaban J connectivity index is 1.20. The van der Waals surface area contributed by atoms with E-state index in [-0.39, 0.29) is 23.3 Å². The molecule has 14 nitrogen and oxygen atoms in total. The van der Waals surface area contributed by atoms with Crippen LogP contribution in [0.25, 0.3) is 90.9 Å². The molecular formula is C82H88N6O8. The molecule has 11 rings (SSSR count). The summed E-state index contributed by atoms with van der Waals surface area (Å²) >= 11 is 0. The van der Waals surface area contributed by atoms with Gasteiger partial charge in [-0.15, -0.1) is 0 Å². The van der Waals surface area contributed by atoms with Crippen LogP contribution in [0.15, 0.2) is 158 Å². The van der Waals surface area contributed by atoms with Gasteiger partial charge in [-0.05, 0) is 182 Å². The van der Waals surface area contributed by atoms with Crippen LogP contribution in [0.5, 0.6) is 34.5 Å². The molecule has 14 heteroatoms. The highest BCUT2D eigenvalue weighted by Crippen LogP contribution is 2.47. The van der Waals surface area contributed by atoms with Crippen molar-refractivity contribution in [1.82, 2.24) is 19.9 Å². The fourth-order valence-electron chi connectivity index (χ4n) is 12.3. The van der Waals surface area contributed by atoms with Gasteiger partial charge in [0.2, 0.25) is 0 Å². The minimum Gasteiger partial charge on any atom is -0.508 e. The first-order chi connectivity index (χ1) is 47.1. The zero-order chi connectivity index (χ0) is 66.6. The van der Waals surface area contributed by atoms with Gasteiger partial charge in [-0.2, -0.15) is 0 Å². The van der Waals surface area contributed by atoms with Gasteiger partial charge in [-0.1, -0.05) is 141 Å². The van der Waals surface area contributed by atoms with Crippen LogP contribution < -0.4 is 29.6 Å². The minimum absolute atomic E-state index is 0.107. The van der Waals surface area contributed by atoms with Crippen LogP contribution in [0.1, 0.15) is 174 Å². The summed E-state index contributed by atoms with van der Waals surface area (Å²) in [6, 6.07) is 48.3. The van der Waals surface area contributed by atoms with Gasteiger partial charge < -0.3 is 49.8 Å². The third kappa shape index (κ3) is 16.6. The van der Waals surface area contributed by atoms with Crippen LogP contribution in [-0.2, 0) is 0 Å². The molecule has 2 aliphatic rings. The SMILES string of the molecule is CCCCCCOc1cccc(OCCCCCC)c1-c1c2nc(c(-c3ccc(C(=O)Nc4ccc(O)cc4)cc3)c3ccc([nH]3)c(-c3c(OCCCCCC)cccc3OCCCCCC)c3nc(c(-c4ccc(C(=O)Nc5ccc(O)cc5)cc4)c4ccc1[nH]4)C=C3)C=C2. The molecule has 0 spiro atoms. The highest BCUT2D eigenvalue weighted by Gasteiger charge is 2.26. The van der Waals surface area contributed by atoms with E-state index in [0.29, 0.717) is 94.7 Å². The van der Waals surface area contributed by atoms with E-state index in [9.17, 15) is 19.8 Å². The van der Waals surface area contributed by atoms with Crippen molar-refractivity contribution in [3.63, 3.8) is 0 Å². The number of benzene rings is 6. The number of carbonyl (C=O) groups is 2. The lowest BCUT2D eigenvalue weighted by atomic mass is 10.0. The maximum atomic E-state index is 13.9. The predicted molar refractivity (Wildman–Crippen MR) is 391 cm³/mol. The summed E-state index contributed by atoms with van der Waals surface area (Å²) in [5.74, 6) is 2.31. The number of anilines is 2. The molecule has 5 heterocycles. The topological polar surface area (TPSA) is 193 Å². The summed E-state index contributed by atoms with van der Waals surface area (Å²) in [4.78, 5) is 47.0. The highest BCUT2D eigenvalue weighted by atomic mass is 16.5. The molecule has 0 radical (unpaired) electrons. The number of nitrogens with zero attached hydrogens (tertiary/aromatic N) is 2. The van der Waals surface area contributed by atoms with E-state index in [0.717, 1.165) is 169 Å². The summed E-state index contributed by atoms with van der Waals surface area (Å²) in [6.07, 6.45) is 24.8. The van der Waals surface area contributed by atoms with Crippen LogP contribution in [0.2, 0.25) is 0 Å². The fourth-order valence-corrected chi connectivity index (χ4v) is 12.3. The lowest BCUT2D eigenvalue weighted by Gasteiger charge is -2.18. The number of hydrogen-bond donors (Lipinski definition) is 6. The number of fused-ring (bicyclic) bond motifs is 8. The summed E-state index contributed by atoms with van der Waals surface area (Å²) in [6.45, 7) is 10.9. The first kappa shape index (κ1) is 67.1. The molecule has 2 amide bonds. The summed E-state index contributed by atoms with van der Waals surface area (Å²) in [7, 11) is 0. The summed E-state index contributed by atoms with van der Waals surface area (Å²) < 4.78 is 27.5. The van der Waals surface area contributed by atoms with E-state index in [1.807, 2.05) is 84.9 Å². The number of aromatic nitrogens is 4. The van der Waals surface area contributed by atoms with Crippen LogP contribution in [0.4, 0.5) is 11.4 Å². The molecule has 96 heavy (non-hydrogen) atoms. The number of unbranched alkanes of at least 4 members (excludes halogenated alkanes) is 12. The second-order valence-electron chi connectivity index (χ2n) is 24.6. The molecule has 0 aliphatic carbocycles. The number of phenolic OH excluding ortho intramolecular Hbond substituents is 2. The Morgan fingerprint density at radius 3 is 0.938 bits per heavy atom. The Bertz CT molecular complexity index is 4010. The van der Waals surface area contributed by atoms with Crippen LogP contribution in [-0.4, -0.2) is 68.4 Å². The van der Waals surface area contributed by atoms with Crippen molar-refractivity contribution in [2.24, 2.45) is 0 Å². The van der Waals surface area contributed by atoms with Crippen molar-refractivity contribution in [3.8, 4) is 79.0 Å². The Morgan fingerprint density at radius 2 is 0.635 bits per heavy atom. The van der Waals surface area contributed by atoms with Crippen LogP contribution in [0.3, 0.4) is 0 Å². The zero-order valence-corrected chi connectivity index (χ0v) is 55.7. The highest BCUT2D eigenvalue weighted by molar-refractivity contribution is 6.07. The third-order valence-electron chi connectivity index (χ3n) is 17.4. The number of phenols is 2. The van der Waals surface area contributed by atoms with E-state index in [1.54, 1.807) is 48.5 Å².